The number of hydrogen-bond acceptors (Lipinski definition) is 3. The van der Waals surface area contributed by atoms with Gasteiger partial charge in [-0.2, -0.15) is 0 Å². The minimum atomic E-state index is -0.331. The summed E-state index contributed by atoms with van der Waals surface area (Å²) in [7, 11) is 0. The highest BCUT2D eigenvalue weighted by Gasteiger charge is 2.17. The van der Waals surface area contributed by atoms with Gasteiger partial charge in [0.05, 0.1) is 19.3 Å². The summed E-state index contributed by atoms with van der Waals surface area (Å²) in [6.45, 7) is 0.710. The molecule has 0 aliphatic carbocycles. The first-order valence-corrected chi connectivity index (χ1v) is 4.94. The van der Waals surface area contributed by atoms with Gasteiger partial charge in [0.2, 0.25) is 0 Å². The summed E-state index contributed by atoms with van der Waals surface area (Å²) in [5, 5.41) is 9.01. The third kappa shape index (κ3) is 1.61. The highest BCUT2D eigenvalue weighted by Crippen LogP contribution is 2.31. The molecular weight excluding hydrogens is 178 g/mol. The van der Waals surface area contributed by atoms with Gasteiger partial charge in [-0.1, -0.05) is 18.2 Å². The fourth-order valence-electron chi connectivity index (χ4n) is 1.80. The Kier molecular flexibility index (Phi) is 2.70. The standard InChI is InChI=1S/C11H15NO2/c12-10(7-13)9-5-1-3-8-4-2-6-14-11(8)9/h1,3,5,10,13H,2,4,6-7,12H2/t10-/m0/s1. The van der Waals surface area contributed by atoms with Gasteiger partial charge in [-0.15, -0.1) is 0 Å². The summed E-state index contributed by atoms with van der Waals surface area (Å²) in [6.07, 6.45) is 2.10. The smallest absolute Gasteiger partial charge is 0.127 e. The number of fused-ring (bicyclic) bond motifs is 1. The predicted octanol–water partition coefficient (Wildman–Crippen LogP) is 1.00. The molecule has 0 unspecified atom stereocenters. The Morgan fingerprint density at radius 3 is 3.14 bits per heavy atom. The van der Waals surface area contributed by atoms with Crippen LogP contribution in [0.5, 0.6) is 5.75 Å². The molecule has 1 heterocycles. The lowest BCUT2D eigenvalue weighted by Gasteiger charge is -2.22. The first kappa shape index (κ1) is 9.49. The van der Waals surface area contributed by atoms with Gasteiger partial charge < -0.3 is 15.6 Å². The van der Waals surface area contributed by atoms with E-state index in [1.165, 1.54) is 5.56 Å². The second kappa shape index (κ2) is 3.98. The highest BCUT2D eigenvalue weighted by molar-refractivity contribution is 5.44. The number of nitrogens with two attached hydrogens (primary N) is 1. The zero-order chi connectivity index (χ0) is 9.97. The number of para-hydroxylation sites is 1. The van der Waals surface area contributed by atoms with Crippen LogP contribution in [0.25, 0.3) is 0 Å². The van der Waals surface area contributed by atoms with E-state index in [-0.39, 0.29) is 12.6 Å². The van der Waals surface area contributed by atoms with E-state index in [0.717, 1.165) is 30.8 Å². The molecule has 1 aromatic carbocycles. The number of ether oxygens (including phenoxy) is 1. The van der Waals surface area contributed by atoms with E-state index in [1.807, 2.05) is 12.1 Å². The summed E-state index contributed by atoms with van der Waals surface area (Å²) in [6, 6.07) is 5.62. The minimum Gasteiger partial charge on any atom is -0.493 e. The van der Waals surface area contributed by atoms with Crippen molar-refractivity contribution in [1.29, 1.82) is 0 Å². The molecule has 3 nitrogen and oxygen atoms in total. The lowest BCUT2D eigenvalue weighted by molar-refractivity contribution is 0.253. The van der Waals surface area contributed by atoms with E-state index >= 15 is 0 Å². The van der Waals surface area contributed by atoms with Crippen LogP contribution in [-0.4, -0.2) is 18.3 Å². The Bertz CT molecular complexity index is 325. The van der Waals surface area contributed by atoms with Crippen molar-refractivity contribution in [3.63, 3.8) is 0 Å². The number of aryl methyl sites for hydroxylation is 1. The molecule has 0 saturated heterocycles. The molecule has 3 heteroatoms. The van der Waals surface area contributed by atoms with Crippen molar-refractivity contribution in [2.45, 2.75) is 18.9 Å². The van der Waals surface area contributed by atoms with Crippen molar-refractivity contribution >= 4 is 0 Å². The molecule has 0 bridgehead atoms. The van der Waals surface area contributed by atoms with E-state index < -0.39 is 0 Å². The molecule has 14 heavy (non-hydrogen) atoms. The lowest BCUT2D eigenvalue weighted by atomic mass is 9.99. The van der Waals surface area contributed by atoms with Crippen LogP contribution in [0.15, 0.2) is 18.2 Å². The topological polar surface area (TPSA) is 55.5 Å². The summed E-state index contributed by atoms with van der Waals surface area (Å²) in [4.78, 5) is 0. The van der Waals surface area contributed by atoms with E-state index in [4.69, 9.17) is 15.6 Å². The number of rotatable bonds is 2. The van der Waals surface area contributed by atoms with Crippen LogP contribution >= 0.6 is 0 Å². The number of hydrogen-bond donors (Lipinski definition) is 2. The largest absolute Gasteiger partial charge is 0.493 e. The van der Waals surface area contributed by atoms with Crippen LogP contribution in [0.2, 0.25) is 0 Å². The number of benzene rings is 1. The molecule has 0 amide bonds. The summed E-state index contributed by atoms with van der Waals surface area (Å²) >= 11 is 0. The molecule has 3 N–H and O–H groups in total. The molecule has 0 saturated carbocycles. The Hall–Kier alpha value is -1.06. The SMILES string of the molecule is N[C@@H](CO)c1cccc2c1OCCC2. The second-order valence-corrected chi connectivity index (χ2v) is 3.58. The van der Waals surface area contributed by atoms with E-state index in [9.17, 15) is 0 Å². The molecule has 2 rings (SSSR count). The van der Waals surface area contributed by atoms with Crippen molar-refractivity contribution in [2.24, 2.45) is 5.73 Å². The average Bonchev–Trinajstić information content (AvgIpc) is 2.27. The lowest BCUT2D eigenvalue weighted by Crippen LogP contribution is -2.18. The number of aliphatic hydroxyl groups is 1. The molecule has 1 aliphatic heterocycles. The zero-order valence-corrected chi connectivity index (χ0v) is 8.07. The van der Waals surface area contributed by atoms with Gasteiger partial charge in [-0.25, -0.2) is 0 Å². The van der Waals surface area contributed by atoms with Crippen molar-refractivity contribution in [3.05, 3.63) is 29.3 Å². The third-order valence-electron chi connectivity index (χ3n) is 2.56. The van der Waals surface area contributed by atoms with Crippen LogP contribution in [0.3, 0.4) is 0 Å². The molecule has 0 fully saturated rings. The van der Waals surface area contributed by atoms with Crippen LogP contribution in [0.1, 0.15) is 23.6 Å². The zero-order valence-electron chi connectivity index (χ0n) is 8.07. The van der Waals surface area contributed by atoms with Crippen LogP contribution in [0.4, 0.5) is 0 Å². The van der Waals surface area contributed by atoms with E-state index in [2.05, 4.69) is 6.07 Å². The summed E-state index contributed by atoms with van der Waals surface area (Å²) in [5.41, 5.74) is 7.92. The fourth-order valence-corrected chi connectivity index (χ4v) is 1.80. The number of aliphatic hydroxyl groups excluding tert-OH is 1. The van der Waals surface area contributed by atoms with Gasteiger partial charge in [-0.3, -0.25) is 0 Å². The van der Waals surface area contributed by atoms with Gasteiger partial charge in [0.1, 0.15) is 5.75 Å². The molecule has 1 aliphatic rings. The van der Waals surface area contributed by atoms with Gasteiger partial charge in [0.25, 0.3) is 0 Å². The van der Waals surface area contributed by atoms with E-state index in [0.29, 0.717) is 0 Å². The van der Waals surface area contributed by atoms with Crippen molar-refractivity contribution < 1.29 is 9.84 Å². The van der Waals surface area contributed by atoms with Crippen molar-refractivity contribution in [1.82, 2.24) is 0 Å². The maximum Gasteiger partial charge on any atom is 0.127 e. The van der Waals surface area contributed by atoms with Crippen LogP contribution in [0, 0.1) is 0 Å². The molecule has 0 aromatic heterocycles. The third-order valence-corrected chi connectivity index (χ3v) is 2.56. The molecule has 0 radical (unpaired) electrons. The summed E-state index contributed by atoms with van der Waals surface area (Å²) < 4.78 is 5.59. The summed E-state index contributed by atoms with van der Waals surface area (Å²) in [5.74, 6) is 0.889. The Balaban J connectivity index is 2.39. The van der Waals surface area contributed by atoms with Gasteiger partial charge in [-0.05, 0) is 18.4 Å². The Morgan fingerprint density at radius 2 is 2.36 bits per heavy atom. The molecular formula is C11H15NO2. The van der Waals surface area contributed by atoms with Crippen LogP contribution < -0.4 is 10.5 Å². The Labute approximate surface area is 83.5 Å². The van der Waals surface area contributed by atoms with Gasteiger partial charge >= 0.3 is 0 Å². The molecule has 0 spiro atoms. The highest BCUT2D eigenvalue weighted by atomic mass is 16.5. The average molecular weight is 193 g/mol. The minimum absolute atomic E-state index is 0.0419. The van der Waals surface area contributed by atoms with Crippen molar-refractivity contribution in [3.8, 4) is 5.75 Å². The first-order chi connectivity index (χ1) is 6.83. The van der Waals surface area contributed by atoms with E-state index in [1.54, 1.807) is 0 Å². The maximum atomic E-state index is 9.01. The fraction of sp³-hybridized carbons (Fsp3) is 0.455. The monoisotopic (exact) mass is 193 g/mol. The van der Waals surface area contributed by atoms with Gasteiger partial charge in [0.15, 0.2) is 0 Å². The second-order valence-electron chi connectivity index (χ2n) is 3.58. The first-order valence-electron chi connectivity index (χ1n) is 4.94. The quantitative estimate of drug-likeness (QED) is 0.736. The Morgan fingerprint density at radius 1 is 1.50 bits per heavy atom. The maximum absolute atomic E-state index is 9.01. The molecule has 1 aromatic rings. The normalized spacial score (nSPS) is 17.0. The predicted molar refractivity (Wildman–Crippen MR) is 54.3 cm³/mol. The van der Waals surface area contributed by atoms with Crippen molar-refractivity contribution in [2.75, 3.05) is 13.2 Å². The molecule has 1 atom stereocenters. The van der Waals surface area contributed by atoms with Gasteiger partial charge in [0, 0.05) is 5.56 Å². The molecule has 76 valence electrons. The van der Waals surface area contributed by atoms with Crippen LogP contribution in [-0.2, 0) is 6.42 Å².